The minimum absolute atomic E-state index is 0.0140. The van der Waals surface area contributed by atoms with Crippen molar-refractivity contribution in [3.8, 4) is 5.69 Å². The van der Waals surface area contributed by atoms with Gasteiger partial charge in [0.1, 0.15) is 6.33 Å². The van der Waals surface area contributed by atoms with Crippen molar-refractivity contribution in [2.24, 2.45) is 0 Å². The lowest BCUT2D eigenvalue weighted by Gasteiger charge is -2.08. The van der Waals surface area contributed by atoms with Gasteiger partial charge in [-0.3, -0.25) is 0 Å². The summed E-state index contributed by atoms with van der Waals surface area (Å²) in [5, 5.41) is 13.7. The third-order valence-corrected chi connectivity index (χ3v) is 2.79. The number of aromatic nitrogens is 3. The van der Waals surface area contributed by atoms with E-state index in [1.54, 1.807) is 0 Å². The van der Waals surface area contributed by atoms with Crippen molar-refractivity contribution in [1.29, 1.82) is 0 Å². The lowest BCUT2D eigenvalue weighted by Crippen LogP contribution is -2.05. The number of esters is 1. The molecule has 0 fully saturated rings. The quantitative estimate of drug-likeness (QED) is 0.844. The first-order chi connectivity index (χ1) is 9.15. The van der Waals surface area contributed by atoms with Crippen molar-refractivity contribution in [2.45, 2.75) is 19.4 Å². The van der Waals surface area contributed by atoms with Crippen LogP contribution in [0.5, 0.6) is 0 Å². The van der Waals surface area contributed by atoms with Crippen LogP contribution in [0.4, 0.5) is 0 Å². The Labute approximate surface area is 110 Å². The summed E-state index contributed by atoms with van der Waals surface area (Å²) in [5.74, 6) is -0.558. The molecule has 1 aromatic carbocycles. The minimum atomic E-state index is -0.572. The predicted molar refractivity (Wildman–Crippen MR) is 67.9 cm³/mol. The number of aliphatic hydroxyl groups is 1. The van der Waals surface area contributed by atoms with E-state index in [0.29, 0.717) is 6.42 Å². The number of rotatable bonds is 4. The first-order valence-corrected chi connectivity index (χ1v) is 5.94. The SMILES string of the molecule is CC[C@H](O)c1ccc(-n2cnc(C(=O)OC)n2)cc1. The molecule has 2 aromatic rings. The second-order valence-corrected chi connectivity index (χ2v) is 4.02. The lowest BCUT2D eigenvalue weighted by atomic mass is 10.1. The summed E-state index contributed by atoms with van der Waals surface area (Å²) < 4.78 is 6.02. The van der Waals surface area contributed by atoms with Crippen LogP contribution in [0.1, 0.15) is 35.6 Å². The van der Waals surface area contributed by atoms with Crippen LogP contribution in [0, 0.1) is 0 Å². The van der Waals surface area contributed by atoms with Crippen molar-refractivity contribution < 1.29 is 14.6 Å². The fourth-order valence-electron chi connectivity index (χ4n) is 1.66. The highest BCUT2D eigenvalue weighted by atomic mass is 16.5. The summed E-state index contributed by atoms with van der Waals surface area (Å²) in [6, 6.07) is 7.26. The van der Waals surface area contributed by atoms with E-state index >= 15 is 0 Å². The number of hydrogen-bond acceptors (Lipinski definition) is 5. The average Bonchev–Trinajstić information content (AvgIpc) is 2.95. The molecule has 0 amide bonds. The van der Waals surface area contributed by atoms with Gasteiger partial charge < -0.3 is 9.84 Å². The summed E-state index contributed by atoms with van der Waals surface area (Å²) in [6.07, 6.45) is 1.64. The summed E-state index contributed by atoms with van der Waals surface area (Å²) in [4.78, 5) is 15.1. The summed E-state index contributed by atoms with van der Waals surface area (Å²) in [7, 11) is 1.28. The molecule has 0 spiro atoms. The Kier molecular flexibility index (Phi) is 3.91. The number of carbonyl (C=O) groups excluding carboxylic acids is 1. The standard InChI is InChI=1S/C13H15N3O3/c1-3-11(17)9-4-6-10(7-5-9)16-8-14-12(15-16)13(18)19-2/h4-8,11,17H,3H2,1-2H3/t11-/m0/s1. The summed E-state index contributed by atoms with van der Waals surface area (Å²) >= 11 is 0. The molecule has 0 bridgehead atoms. The van der Waals surface area contributed by atoms with E-state index in [2.05, 4.69) is 14.8 Å². The molecular formula is C13H15N3O3. The number of methoxy groups -OCH3 is 1. The van der Waals surface area contributed by atoms with Crippen LogP contribution in [0.3, 0.4) is 0 Å². The fraction of sp³-hybridized carbons (Fsp3) is 0.308. The van der Waals surface area contributed by atoms with Gasteiger partial charge in [-0.05, 0) is 24.1 Å². The van der Waals surface area contributed by atoms with Crippen LogP contribution in [0.15, 0.2) is 30.6 Å². The third-order valence-electron chi connectivity index (χ3n) is 2.79. The Morgan fingerprint density at radius 3 is 2.68 bits per heavy atom. The molecule has 0 aliphatic carbocycles. The Bertz CT molecular complexity index is 563. The van der Waals surface area contributed by atoms with E-state index in [1.165, 1.54) is 18.1 Å². The first-order valence-electron chi connectivity index (χ1n) is 5.94. The molecule has 0 aliphatic rings. The Morgan fingerprint density at radius 1 is 1.42 bits per heavy atom. The van der Waals surface area contributed by atoms with Gasteiger partial charge in [0.15, 0.2) is 0 Å². The highest BCUT2D eigenvalue weighted by molar-refractivity contribution is 5.84. The normalized spacial score (nSPS) is 12.2. The molecule has 0 aliphatic heterocycles. The second kappa shape index (κ2) is 5.62. The number of benzene rings is 1. The number of hydrogen-bond donors (Lipinski definition) is 1. The Balaban J connectivity index is 2.22. The molecule has 1 atom stereocenters. The van der Waals surface area contributed by atoms with Gasteiger partial charge in [-0.1, -0.05) is 19.1 Å². The van der Waals surface area contributed by atoms with Crippen LogP contribution in [-0.2, 0) is 4.74 Å². The molecular weight excluding hydrogens is 246 g/mol. The van der Waals surface area contributed by atoms with Gasteiger partial charge in [0.25, 0.3) is 5.82 Å². The highest BCUT2D eigenvalue weighted by Crippen LogP contribution is 2.17. The van der Waals surface area contributed by atoms with Crippen molar-refractivity contribution >= 4 is 5.97 Å². The molecule has 19 heavy (non-hydrogen) atoms. The molecule has 0 unspecified atom stereocenters. The number of carbonyl (C=O) groups is 1. The average molecular weight is 261 g/mol. The van der Waals surface area contributed by atoms with Crippen LogP contribution in [-0.4, -0.2) is 33.0 Å². The highest BCUT2D eigenvalue weighted by Gasteiger charge is 2.12. The van der Waals surface area contributed by atoms with Crippen molar-refractivity contribution in [1.82, 2.24) is 14.8 Å². The van der Waals surface area contributed by atoms with E-state index in [1.807, 2.05) is 31.2 Å². The van der Waals surface area contributed by atoms with Crippen LogP contribution in [0.2, 0.25) is 0 Å². The van der Waals surface area contributed by atoms with Crippen LogP contribution < -0.4 is 0 Å². The zero-order chi connectivity index (χ0) is 13.8. The molecule has 2 rings (SSSR count). The second-order valence-electron chi connectivity index (χ2n) is 4.02. The lowest BCUT2D eigenvalue weighted by molar-refractivity contribution is 0.0587. The van der Waals surface area contributed by atoms with E-state index in [4.69, 9.17) is 0 Å². The maximum Gasteiger partial charge on any atom is 0.377 e. The molecule has 6 nitrogen and oxygen atoms in total. The first kappa shape index (κ1) is 13.2. The van der Waals surface area contributed by atoms with Crippen molar-refractivity contribution in [2.75, 3.05) is 7.11 Å². The van der Waals surface area contributed by atoms with E-state index in [9.17, 15) is 9.90 Å². The molecule has 6 heteroatoms. The Hall–Kier alpha value is -2.21. The fourth-order valence-corrected chi connectivity index (χ4v) is 1.66. The van der Waals surface area contributed by atoms with Gasteiger partial charge >= 0.3 is 5.97 Å². The van der Waals surface area contributed by atoms with Gasteiger partial charge in [0.2, 0.25) is 0 Å². The molecule has 0 radical (unpaired) electrons. The van der Waals surface area contributed by atoms with Gasteiger partial charge in [0.05, 0.1) is 18.9 Å². The minimum Gasteiger partial charge on any atom is -0.463 e. The van der Waals surface area contributed by atoms with Gasteiger partial charge in [-0.25, -0.2) is 14.5 Å². The van der Waals surface area contributed by atoms with Crippen LogP contribution in [0.25, 0.3) is 5.69 Å². The monoisotopic (exact) mass is 261 g/mol. The summed E-state index contributed by atoms with van der Waals surface area (Å²) in [6.45, 7) is 1.92. The molecule has 100 valence electrons. The zero-order valence-electron chi connectivity index (χ0n) is 10.8. The number of ether oxygens (including phenoxy) is 1. The van der Waals surface area contributed by atoms with Gasteiger partial charge in [0, 0.05) is 0 Å². The van der Waals surface area contributed by atoms with Crippen molar-refractivity contribution in [3.63, 3.8) is 0 Å². The summed E-state index contributed by atoms with van der Waals surface area (Å²) in [5.41, 5.74) is 1.61. The number of nitrogens with zero attached hydrogens (tertiary/aromatic N) is 3. The van der Waals surface area contributed by atoms with E-state index in [-0.39, 0.29) is 5.82 Å². The maximum absolute atomic E-state index is 11.2. The third kappa shape index (κ3) is 2.79. The van der Waals surface area contributed by atoms with E-state index in [0.717, 1.165) is 11.3 Å². The van der Waals surface area contributed by atoms with Gasteiger partial charge in [-0.15, -0.1) is 5.10 Å². The molecule has 0 saturated heterocycles. The van der Waals surface area contributed by atoms with E-state index < -0.39 is 12.1 Å². The zero-order valence-corrected chi connectivity index (χ0v) is 10.8. The molecule has 1 heterocycles. The molecule has 0 saturated carbocycles. The predicted octanol–water partition coefficient (Wildman–Crippen LogP) is 1.50. The van der Waals surface area contributed by atoms with Crippen LogP contribution >= 0.6 is 0 Å². The molecule has 1 aromatic heterocycles. The maximum atomic E-state index is 11.2. The number of aliphatic hydroxyl groups excluding tert-OH is 1. The molecule has 1 N–H and O–H groups in total. The smallest absolute Gasteiger partial charge is 0.377 e. The Morgan fingerprint density at radius 2 is 2.11 bits per heavy atom. The topological polar surface area (TPSA) is 77.2 Å². The van der Waals surface area contributed by atoms with Crippen molar-refractivity contribution in [3.05, 3.63) is 42.0 Å². The largest absolute Gasteiger partial charge is 0.463 e. The van der Waals surface area contributed by atoms with Gasteiger partial charge in [-0.2, -0.15) is 0 Å².